The van der Waals surface area contributed by atoms with Crippen molar-refractivity contribution in [2.45, 2.75) is 30.2 Å². The predicted octanol–water partition coefficient (Wildman–Crippen LogP) is 3.79. The van der Waals surface area contributed by atoms with Gasteiger partial charge in [0.15, 0.2) is 5.16 Å². The molecule has 0 spiro atoms. The molecule has 0 aliphatic carbocycles. The van der Waals surface area contributed by atoms with Gasteiger partial charge in [-0.15, -0.1) is 33.9 Å². The number of aromatic nitrogens is 3. The Hall–Kier alpha value is -0.270. The highest BCUT2D eigenvalue weighted by molar-refractivity contribution is 7.98. The minimum Gasteiger partial charge on any atom is -0.317 e. The summed E-state index contributed by atoms with van der Waals surface area (Å²) in [5.74, 6) is 2.74. The highest BCUT2D eigenvalue weighted by Gasteiger charge is 2.18. The summed E-state index contributed by atoms with van der Waals surface area (Å²) < 4.78 is 2.98. The third kappa shape index (κ3) is 4.61. The zero-order valence-corrected chi connectivity index (χ0v) is 15.6. The summed E-state index contributed by atoms with van der Waals surface area (Å²) >= 11 is 9.31. The molecule has 0 radical (unpaired) electrons. The van der Waals surface area contributed by atoms with Crippen LogP contribution >= 0.6 is 47.1 Å². The lowest BCUT2D eigenvalue weighted by Crippen LogP contribution is -2.29. The fourth-order valence-corrected chi connectivity index (χ4v) is 4.62. The van der Waals surface area contributed by atoms with E-state index in [-0.39, 0.29) is 12.4 Å². The summed E-state index contributed by atoms with van der Waals surface area (Å²) in [7, 11) is 2.07. The number of thiophene rings is 1. The second kappa shape index (κ2) is 8.55. The summed E-state index contributed by atoms with van der Waals surface area (Å²) in [5, 5.41) is 13.1. The Kier molecular flexibility index (Phi) is 7.02. The van der Waals surface area contributed by atoms with Crippen LogP contribution in [0.3, 0.4) is 0 Å². The molecule has 0 bridgehead atoms. The van der Waals surface area contributed by atoms with Crippen LogP contribution in [0.25, 0.3) is 0 Å². The average molecular weight is 379 g/mol. The summed E-state index contributed by atoms with van der Waals surface area (Å²) in [6, 6.07) is 4.02. The Labute approximate surface area is 150 Å². The van der Waals surface area contributed by atoms with E-state index in [4.69, 9.17) is 11.6 Å². The Morgan fingerprint density at radius 1 is 1.36 bits per heavy atom. The molecule has 1 aliphatic rings. The van der Waals surface area contributed by atoms with Crippen LogP contribution in [0.4, 0.5) is 0 Å². The molecule has 2 aromatic rings. The van der Waals surface area contributed by atoms with Gasteiger partial charge in [0, 0.05) is 24.1 Å². The van der Waals surface area contributed by atoms with Crippen molar-refractivity contribution in [3.05, 3.63) is 27.2 Å². The summed E-state index contributed by atoms with van der Waals surface area (Å²) in [6.07, 6.45) is 3.52. The summed E-state index contributed by atoms with van der Waals surface area (Å²) in [4.78, 5) is 1.27. The highest BCUT2D eigenvalue weighted by Crippen LogP contribution is 2.28. The normalized spacial score (nSPS) is 15.7. The smallest absolute Gasteiger partial charge is 0.191 e. The average Bonchev–Trinajstić information content (AvgIpc) is 3.06. The van der Waals surface area contributed by atoms with Gasteiger partial charge in [0.2, 0.25) is 0 Å². The van der Waals surface area contributed by atoms with E-state index in [1.165, 1.54) is 17.7 Å². The molecule has 22 heavy (non-hydrogen) atoms. The standard InChI is InChI=1S/C14H19ClN4S2.ClH/c1-19-13(8-10-4-6-16-7-5-10)17-18-14(19)20-9-11-2-3-12(15)21-11;/h2-3,10,16H,4-9H2,1H3;1H. The summed E-state index contributed by atoms with van der Waals surface area (Å²) in [6.45, 7) is 2.26. The van der Waals surface area contributed by atoms with Crippen LogP contribution < -0.4 is 5.32 Å². The van der Waals surface area contributed by atoms with Gasteiger partial charge in [-0.2, -0.15) is 0 Å². The van der Waals surface area contributed by atoms with Crippen molar-refractivity contribution in [1.29, 1.82) is 0 Å². The van der Waals surface area contributed by atoms with Crippen molar-refractivity contribution in [3.8, 4) is 0 Å². The lowest BCUT2D eigenvalue weighted by atomic mass is 9.94. The second-order valence-electron chi connectivity index (χ2n) is 5.35. The van der Waals surface area contributed by atoms with Crippen molar-refractivity contribution < 1.29 is 0 Å². The van der Waals surface area contributed by atoms with Gasteiger partial charge in [0.05, 0.1) is 4.34 Å². The molecule has 0 unspecified atom stereocenters. The molecule has 3 heterocycles. The number of hydrogen-bond acceptors (Lipinski definition) is 5. The summed E-state index contributed by atoms with van der Waals surface area (Å²) in [5.41, 5.74) is 0. The molecule has 1 aliphatic heterocycles. The maximum absolute atomic E-state index is 5.96. The molecule has 0 amide bonds. The topological polar surface area (TPSA) is 42.7 Å². The third-order valence-corrected chi connectivity index (χ3v) is 6.31. The zero-order chi connectivity index (χ0) is 14.7. The largest absolute Gasteiger partial charge is 0.317 e. The highest BCUT2D eigenvalue weighted by atomic mass is 35.5. The molecule has 0 atom stereocenters. The maximum atomic E-state index is 5.96. The van der Waals surface area contributed by atoms with Crippen LogP contribution in [0.1, 0.15) is 23.5 Å². The van der Waals surface area contributed by atoms with E-state index in [2.05, 4.69) is 33.2 Å². The van der Waals surface area contributed by atoms with E-state index in [0.717, 1.165) is 46.5 Å². The Morgan fingerprint density at radius 2 is 2.14 bits per heavy atom. The van der Waals surface area contributed by atoms with Gasteiger partial charge in [-0.05, 0) is 44.0 Å². The second-order valence-corrected chi connectivity index (χ2v) is 8.09. The SMILES string of the molecule is Cl.Cn1c(CC2CCNCC2)nnc1SCc1ccc(Cl)s1. The number of nitrogens with one attached hydrogen (secondary N) is 1. The van der Waals surface area contributed by atoms with Gasteiger partial charge in [-0.25, -0.2) is 0 Å². The number of rotatable bonds is 5. The van der Waals surface area contributed by atoms with Crippen LogP contribution in [0.5, 0.6) is 0 Å². The molecular weight excluding hydrogens is 359 g/mol. The Morgan fingerprint density at radius 3 is 2.82 bits per heavy atom. The molecule has 0 saturated carbocycles. The van der Waals surface area contributed by atoms with Gasteiger partial charge < -0.3 is 9.88 Å². The van der Waals surface area contributed by atoms with Crippen molar-refractivity contribution in [3.63, 3.8) is 0 Å². The van der Waals surface area contributed by atoms with Crippen molar-refractivity contribution >= 4 is 47.1 Å². The fourth-order valence-electron chi connectivity index (χ4n) is 2.56. The zero-order valence-electron chi connectivity index (χ0n) is 12.4. The van der Waals surface area contributed by atoms with E-state index in [1.54, 1.807) is 23.1 Å². The first-order chi connectivity index (χ1) is 10.2. The molecular formula is C14H20Cl2N4S2. The van der Waals surface area contributed by atoms with Gasteiger partial charge >= 0.3 is 0 Å². The van der Waals surface area contributed by atoms with Gasteiger partial charge in [0.25, 0.3) is 0 Å². The van der Waals surface area contributed by atoms with Crippen LogP contribution in [0.2, 0.25) is 4.34 Å². The minimum absolute atomic E-state index is 0. The van der Waals surface area contributed by atoms with Gasteiger partial charge in [-0.1, -0.05) is 23.4 Å². The molecule has 1 N–H and O–H groups in total. The first-order valence-corrected chi connectivity index (χ1v) is 9.36. The van der Waals surface area contributed by atoms with E-state index in [9.17, 15) is 0 Å². The van der Waals surface area contributed by atoms with E-state index in [1.807, 2.05) is 6.07 Å². The van der Waals surface area contributed by atoms with Gasteiger partial charge in [-0.3, -0.25) is 0 Å². The number of halogens is 2. The van der Waals surface area contributed by atoms with Crippen molar-refractivity contribution in [2.75, 3.05) is 13.1 Å². The quantitative estimate of drug-likeness (QED) is 0.803. The molecule has 3 rings (SSSR count). The first-order valence-electron chi connectivity index (χ1n) is 7.18. The van der Waals surface area contributed by atoms with Crippen molar-refractivity contribution in [2.24, 2.45) is 13.0 Å². The molecule has 8 heteroatoms. The fraction of sp³-hybridized carbons (Fsp3) is 0.571. The Bertz CT molecular complexity index is 593. The number of nitrogens with zero attached hydrogens (tertiary/aromatic N) is 3. The van der Waals surface area contributed by atoms with Crippen LogP contribution in [-0.4, -0.2) is 27.9 Å². The van der Waals surface area contributed by atoms with Crippen LogP contribution in [0, 0.1) is 5.92 Å². The molecule has 122 valence electrons. The maximum Gasteiger partial charge on any atom is 0.191 e. The van der Waals surface area contributed by atoms with E-state index < -0.39 is 0 Å². The molecule has 1 fully saturated rings. The van der Waals surface area contributed by atoms with E-state index >= 15 is 0 Å². The van der Waals surface area contributed by atoms with Crippen LogP contribution in [0.15, 0.2) is 17.3 Å². The minimum atomic E-state index is 0. The van der Waals surface area contributed by atoms with Gasteiger partial charge in [0.1, 0.15) is 5.82 Å². The first kappa shape index (κ1) is 18.1. The Balaban J connectivity index is 0.00000176. The lowest BCUT2D eigenvalue weighted by Gasteiger charge is -2.21. The van der Waals surface area contributed by atoms with Crippen LogP contribution in [-0.2, 0) is 19.2 Å². The monoisotopic (exact) mass is 378 g/mol. The predicted molar refractivity (Wildman–Crippen MR) is 96.4 cm³/mol. The molecule has 2 aromatic heterocycles. The number of hydrogen-bond donors (Lipinski definition) is 1. The third-order valence-electron chi connectivity index (χ3n) is 3.83. The van der Waals surface area contributed by atoms with Crippen molar-refractivity contribution in [1.82, 2.24) is 20.1 Å². The van der Waals surface area contributed by atoms with E-state index in [0.29, 0.717) is 0 Å². The molecule has 1 saturated heterocycles. The molecule has 4 nitrogen and oxygen atoms in total. The molecule has 0 aromatic carbocycles. The number of piperidine rings is 1. The number of thioether (sulfide) groups is 1. The lowest BCUT2D eigenvalue weighted by molar-refractivity contribution is 0.363.